The van der Waals surface area contributed by atoms with Crippen LogP contribution in [0.5, 0.6) is 0 Å². The molecule has 0 saturated carbocycles. The van der Waals surface area contributed by atoms with E-state index in [0.717, 1.165) is 18.1 Å². The normalized spacial score (nSPS) is 13.7. The summed E-state index contributed by atoms with van der Waals surface area (Å²) in [6.07, 6.45) is -1.66. The van der Waals surface area contributed by atoms with E-state index >= 15 is 0 Å². The van der Waals surface area contributed by atoms with Crippen molar-refractivity contribution in [3.05, 3.63) is 41.0 Å². The van der Waals surface area contributed by atoms with Crippen LogP contribution >= 0.6 is 0 Å². The first-order valence-electron chi connectivity index (χ1n) is 6.73. The van der Waals surface area contributed by atoms with Crippen molar-refractivity contribution in [2.45, 2.75) is 45.8 Å². The molecule has 1 aromatic carbocycles. The Morgan fingerprint density at radius 2 is 1.85 bits per heavy atom. The molecule has 0 saturated heterocycles. The predicted molar refractivity (Wildman–Crippen MR) is 77.5 cm³/mol. The van der Waals surface area contributed by atoms with Crippen LogP contribution in [-0.2, 0) is 6.18 Å². The molecule has 1 nitrogen and oxygen atoms in total. The second kappa shape index (κ2) is 6.44. The molecule has 0 aliphatic carbocycles. The number of rotatable bonds is 4. The molecule has 0 fully saturated rings. The van der Waals surface area contributed by atoms with Crippen molar-refractivity contribution in [2.75, 3.05) is 6.54 Å². The minimum absolute atomic E-state index is 0.0118. The van der Waals surface area contributed by atoms with Crippen LogP contribution in [0.15, 0.2) is 29.8 Å². The second-order valence-electron chi connectivity index (χ2n) is 5.88. The zero-order chi connectivity index (χ0) is 15.4. The number of nitrogens with one attached hydrogen (secondary N) is 1. The number of hydrogen-bond donors (Lipinski definition) is 1. The Balaban J connectivity index is 2.90. The van der Waals surface area contributed by atoms with E-state index in [4.69, 9.17) is 0 Å². The number of hydrogen-bond acceptors (Lipinski definition) is 1. The van der Waals surface area contributed by atoms with Gasteiger partial charge < -0.3 is 5.32 Å². The molecule has 0 atom stereocenters. The highest BCUT2D eigenvalue weighted by molar-refractivity contribution is 5.54. The summed E-state index contributed by atoms with van der Waals surface area (Å²) in [5, 5.41) is 3.35. The summed E-state index contributed by atoms with van der Waals surface area (Å²) in [4.78, 5) is 0. The maximum atomic E-state index is 12.7. The summed E-state index contributed by atoms with van der Waals surface area (Å²) in [5.41, 5.74) is 1.05. The van der Waals surface area contributed by atoms with Crippen LogP contribution in [0.25, 0.3) is 6.08 Å². The quantitative estimate of drug-likeness (QED) is 0.830. The molecule has 0 unspecified atom stereocenters. The highest BCUT2D eigenvalue weighted by atomic mass is 19.4. The van der Waals surface area contributed by atoms with Crippen molar-refractivity contribution in [2.24, 2.45) is 0 Å². The lowest BCUT2D eigenvalue weighted by Crippen LogP contribution is -2.36. The average Bonchev–Trinajstić information content (AvgIpc) is 2.32. The van der Waals surface area contributed by atoms with Gasteiger partial charge in [0, 0.05) is 12.1 Å². The van der Waals surface area contributed by atoms with Crippen molar-refractivity contribution in [3.63, 3.8) is 0 Å². The third-order valence-corrected chi connectivity index (χ3v) is 2.88. The smallest absolute Gasteiger partial charge is 0.308 e. The van der Waals surface area contributed by atoms with Crippen molar-refractivity contribution >= 4 is 6.08 Å². The van der Waals surface area contributed by atoms with Gasteiger partial charge in [-0.15, -0.1) is 0 Å². The molecule has 0 aromatic heterocycles. The highest BCUT2D eigenvalue weighted by Gasteiger charge is 2.30. The van der Waals surface area contributed by atoms with Gasteiger partial charge in [0.25, 0.3) is 0 Å². The van der Waals surface area contributed by atoms with Gasteiger partial charge in [-0.05, 0) is 44.9 Å². The van der Waals surface area contributed by atoms with Crippen molar-refractivity contribution in [1.82, 2.24) is 5.32 Å². The van der Waals surface area contributed by atoms with Crippen molar-refractivity contribution < 1.29 is 13.2 Å². The topological polar surface area (TPSA) is 12.0 Å². The lowest BCUT2D eigenvalue weighted by atomic mass is 10.0. The van der Waals surface area contributed by atoms with Gasteiger partial charge in [0.15, 0.2) is 0 Å². The van der Waals surface area contributed by atoms with Gasteiger partial charge in [0.2, 0.25) is 0 Å². The summed E-state index contributed by atoms with van der Waals surface area (Å²) in [6.45, 7) is 8.86. The molecule has 0 heterocycles. The molecule has 1 N–H and O–H groups in total. The fourth-order valence-corrected chi connectivity index (χ4v) is 1.70. The summed E-state index contributed by atoms with van der Waals surface area (Å²) >= 11 is 0. The molecule has 1 aromatic rings. The maximum Gasteiger partial charge on any atom is 0.416 e. The Morgan fingerprint density at radius 3 is 2.35 bits per heavy atom. The molecule has 0 aliphatic heterocycles. The Hall–Kier alpha value is -1.29. The second-order valence-corrected chi connectivity index (χ2v) is 5.88. The maximum absolute atomic E-state index is 12.7. The number of benzene rings is 1. The molecule has 1 rings (SSSR count). The Morgan fingerprint density at radius 1 is 1.20 bits per heavy atom. The van der Waals surface area contributed by atoms with Gasteiger partial charge in [-0.3, -0.25) is 0 Å². The molecular formula is C16H22F3N. The molecule has 20 heavy (non-hydrogen) atoms. The van der Waals surface area contributed by atoms with Crippen LogP contribution in [0, 0.1) is 0 Å². The molecule has 112 valence electrons. The fourth-order valence-electron chi connectivity index (χ4n) is 1.70. The van der Waals surface area contributed by atoms with E-state index in [9.17, 15) is 13.2 Å². The van der Waals surface area contributed by atoms with E-state index in [1.54, 1.807) is 6.07 Å². The Bertz CT molecular complexity index is 467. The lowest BCUT2D eigenvalue weighted by molar-refractivity contribution is -0.137. The molecule has 0 radical (unpaired) electrons. The van der Waals surface area contributed by atoms with E-state index in [1.807, 2.05) is 13.0 Å². The van der Waals surface area contributed by atoms with E-state index in [2.05, 4.69) is 26.1 Å². The molecular weight excluding hydrogens is 263 g/mol. The first-order valence-corrected chi connectivity index (χ1v) is 6.73. The number of halogens is 3. The van der Waals surface area contributed by atoms with E-state index < -0.39 is 11.7 Å². The van der Waals surface area contributed by atoms with Crippen LogP contribution in [-0.4, -0.2) is 12.1 Å². The van der Waals surface area contributed by atoms with Gasteiger partial charge in [0.1, 0.15) is 0 Å². The van der Waals surface area contributed by atoms with Gasteiger partial charge in [-0.25, -0.2) is 0 Å². The SMILES string of the molecule is CCC(=Cc1cccc(C(F)(F)F)c1)CNC(C)(C)C. The first kappa shape index (κ1) is 16.8. The van der Waals surface area contributed by atoms with Crippen LogP contribution in [0.2, 0.25) is 0 Å². The summed E-state index contributed by atoms with van der Waals surface area (Å²) < 4.78 is 38.0. The summed E-state index contributed by atoms with van der Waals surface area (Å²) in [5.74, 6) is 0. The van der Waals surface area contributed by atoms with Gasteiger partial charge in [0.05, 0.1) is 5.56 Å². The third-order valence-electron chi connectivity index (χ3n) is 2.88. The Kier molecular flexibility index (Phi) is 5.40. The van der Waals surface area contributed by atoms with Crippen LogP contribution in [0.1, 0.15) is 45.2 Å². The molecule has 0 amide bonds. The zero-order valence-electron chi connectivity index (χ0n) is 12.4. The highest BCUT2D eigenvalue weighted by Crippen LogP contribution is 2.30. The fraction of sp³-hybridized carbons (Fsp3) is 0.500. The van der Waals surface area contributed by atoms with Crippen molar-refractivity contribution in [3.8, 4) is 0 Å². The minimum Gasteiger partial charge on any atom is -0.308 e. The largest absolute Gasteiger partial charge is 0.416 e. The van der Waals surface area contributed by atoms with Gasteiger partial charge >= 0.3 is 6.18 Å². The lowest BCUT2D eigenvalue weighted by Gasteiger charge is -2.21. The van der Waals surface area contributed by atoms with Crippen LogP contribution in [0.4, 0.5) is 13.2 Å². The minimum atomic E-state index is -4.29. The summed E-state index contributed by atoms with van der Waals surface area (Å²) in [7, 11) is 0. The van der Waals surface area contributed by atoms with Crippen LogP contribution in [0.3, 0.4) is 0 Å². The monoisotopic (exact) mass is 285 g/mol. The average molecular weight is 285 g/mol. The molecule has 0 bridgehead atoms. The van der Waals surface area contributed by atoms with E-state index in [0.29, 0.717) is 12.1 Å². The third kappa shape index (κ3) is 5.78. The summed E-state index contributed by atoms with van der Waals surface area (Å²) in [6, 6.07) is 5.42. The molecule has 0 spiro atoms. The van der Waals surface area contributed by atoms with E-state index in [1.165, 1.54) is 12.1 Å². The van der Waals surface area contributed by atoms with Crippen molar-refractivity contribution in [1.29, 1.82) is 0 Å². The Labute approximate surface area is 118 Å². The van der Waals surface area contributed by atoms with Crippen LogP contribution < -0.4 is 5.32 Å². The molecule has 4 heteroatoms. The first-order chi connectivity index (χ1) is 9.12. The predicted octanol–water partition coefficient (Wildman–Crippen LogP) is 4.89. The standard InChI is InChI=1S/C16H22F3N/c1-5-12(11-20-15(2,3)4)9-13-7-6-8-14(10-13)16(17,18)19/h6-10,20H,5,11H2,1-4H3. The molecule has 0 aliphatic rings. The van der Waals surface area contributed by atoms with Gasteiger partial charge in [-0.1, -0.05) is 30.7 Å². The zero-order valence-corrected chi connectivity index (χ0v) is 12.4. The number of alkyl halides is 3. The van der Waals surface area contributed by atoms with Gasteiger partial charge in [-0.2, -0.15) is 13.2 Å². The van der Waals surface area contributed by atoms with E-state index in [-0.39, 0.29) is 5.54 Å².